The number of nitrogen functional groups attached to an aromatic ring is 1. The molecule has 6 atom stereocenters. The lowest BCUT2D eigenvalue weighted by atomic mass is 10.2. The van der Waals surface area contributed by atoms with Gasteiger partial charge in [-0.15, -0.1) is 0 Å². The third-order valence-electron chi connectivity index (χ3n) is 6.88. The monoisotopic (exact) mass is 628 g/mol. The molecule has 0 aromatic carbocycles. The Bertz CT molecular complexity index is 1750. The minimum absolute atomic E-state index is 0.0483. The van der Waals surface area contributed by atoms with Crippen LogP contribution in [0.15, 0.2) is 36.0 Å². The molecule has 6 heterocycles. The van der Waals surface area contributed by atoms with Gasteiger partial charge in [0.2, 0.25) is 0 Å². The number of nitrogens with two attached hydrogens (primary N) is 1. The van der Waals surface area contributed by atoms with Crippen molar-refractivity contribution in [3.63, 3.8) is 0 Å². The van der Waals surface area contributed by atoms with Crippen LogP contribution >= 0.6 is 15.6 Å². The van der Waals surface area contributed by atoms with Crippen molar-refractivity contribution in [2.45, 2.75) is 50.0 Å². The van der Waals surface area contributed by atoms with E-state index in [1.165, 1.54) is 29.7 Å². The molecule has 2 saturated heterocycles. The van der Waals surface area contributed by atoms with E-state index in [4.69, 9.17) is 34.0 Å². The van der Waals surface area contributed by atoms with Gasteiger partial charge in [-0.3, -0.25) is 22.9 Å². The number of rotatable bonds is 10. The fraction of sp³-hybridized carbons (Fsp3) is 0.476. The summed E-state index contributed by atoms with van der Waals surface area (Å²) < 4.78 is 54.5. The van der Waals surface area contributed by atoms with E-state index in [1.807, 2.05) is 0 Å². The number of aromatic nitrogens is 7. The molecule has 19 nitrogen and oxygen atoms in total. The Morgan fingerprint density at radius 3 is 2.60 bits per heavy atom. The fourth-order valence-corrected chi connectivity index (χ4v) is 6.30. The molecule has 0 saturated carbocycles. The smallest absolute Gasteiger partial charge is 0.382 e. The molecule has 4 aromatic heterocycles. The molecule has 226 valence electrons. The zero-order valence-electron chi connectivity index (χ0n) is 21.6. The molecule has 6 rings (SSSR count). The molecule has 0 bridgehead atoms. The van der Waals surface area contributed by atoms with E-state index in [0.717, 1.165) is 0 Å². The zero-order chi connectivity index (χ0) is 29.6. The highest BCUT2D eigenvalue weighted by Gasteiger charge is 2.43. The van der Waals surface area contributed by atoms with Gasteiger partial charge in [0, 0.05) is 12.6 Å². The molecule has 2 fully saturated rings. The summed E-state index contributed by atoms with van der Waals surface area (Å²) in [5.41, 5.74) is 6.98. The van der Waals surface area contributed by atoms with E-state index in [1.54, 1.807) is 10.6 Å². The van der Waals surface area contributed by atoms with E-state index in [9.17, 15) is 18.8 Å². The summed E-state index contributed by atoms with van der Waals surface area (Å²) in [5.74, 6) is 0.130. The SMILES string of the molecule is Nc1ncnc2c1ncn2[C@H]1CC(OP(=O)(O)OC[C@@H]2CC[C@H](n3cnc4c(=O)[nH]ccc43)O2)[C@@H](COP(=O)(O)O)O1. The first-order valence-electron chi connectivity index (χ1n) is 12.6. The molecule has 21 heteroatoms. The van der Waals surface area contributed by atoms with Crippen LogP contribution in [0.4, 0.5) is 5.82 Å². The van der Waals surface area contributed by atoms with Crippen molar-refractivity contribution in [2.24, 2.45) is 0 Å². The second-order valence-electron chi connectivity index (χ2n) is 9.62. The van der Waals surface area contributed by atoms with Gasteiger partial charge in [0.15, 0.2) is 17.0 Å². The van der Waals surface area contributed by atoms with E-state index in [2.05, 4.69) is 29.4 Å². The van der Waals surface area contributed by atoms with Crippen LogP contribution in [-0.2, 0) is 32.2 Å². The average Bonchev–Trinajstić information content (AvgIpc) is 3.71. The Hall–Kier alpha value is -3.09. The maximum absolute atomic E-state index is 12.9. The van der Waals surface area contributed by atoms with Crippen LogP contribution in [0.25, 0.3) is 22.2 Å². The molecule has 2 unspecified atom stereocenters. The molecular formula is C21H26N8O11P2. The van der Waals surface area contributed by atoms with Crippen molar-refractivity contribution >= 4 is 43.7 Å². The Labute approximate surface area is 235 Å². The van der Waals surface area contributed by atoms with Crippen molar-refractivity contribution in [2.75, 3.05) is 18.9 Å². The van der Waals surface area contributed by atoms with Gasteiger partial charge in [-0.1, -0.05) is 0 Å². The number of hydrogen-bond acceptors (Lipinski definition) is 13. The minimum atomic E-state index is -4.89. The number of aromatic amines is 1. The molecule has 4 aromatic rings. The van der Waals surface area contributed by atoms with Gasteiger partial charge in [0.25, 0.3) is 5.56 Å². The highest BCUT2D eigenvalue weighted by Crippen LogP contribution is 2.50. The number of ether oxygens (including phenoxy) is 2. The summed E-state index contributed by atoms with van der Waals surface area (Å²) in [6, 6.07) is 1.70. The molecular weight excluding hydrogens is 602 g/mol. The normalized spacial score (nSPS) is 26.3. The van der Waals surface area contributed by atoms with E-state index in [-0.39, 0.29) is 29.9 Å². The third kappa shape index (κ3) is 6.02. The molecule has 0 spiro atoms. The predicted octanol–water partition coefficient (Wildman–Crippen LogP) is 0.723. The van der Waals surface area contributed by atoms with Crippen LogP contribution in [0.2, 0.25) is 0 Å². The van der Waals surface area contributed by atoms with Crippen molar-refractivity contribution in [1.29, 1.82) is 0 Å². The summed E-state index contributed by atoms with van der Waals surface area (Å²) in [7, 11) is -9.62. The predicted molar refractivity (Wildman–Crippen MR) is 140 cm³/mol. The van der Waals surface area contributed by atoms with Crippen molar-refractivity contribution in [1.82, 2.24) is 34.1 Å². The summed E-state index contributed by atoms with van der Waals surface area (Å²) in [6.45, 7) is -0.940. The van der Waals surface area contributed by atoms with Gasteiger partial charge in [-0.2, -0.15) is 0 Å². The number of H-pyrrole nitrogens is 1. The molecule has 42 heavy (non-hydrogen) atoms. The number of imidazole rings is 2. The summed E-state index contributed by atoms with van der Waals surface area (Å²) in [6.07, 6.45) is 2.33. The average molecular weight is 628 g/mol. The Morgan fingerprint density at radius 2 is 1.79 bits per heavy atom. The highest BCUT2D eigenvalue weighted by atomic mass is 31.2. The lowest BCUT2D eigenvalue weighted by Gasteiger charge is -2.22. The number of hydrogen-bond donors (Lipinski definition) is 5. The molecule has 2 aliphatic rings. The fourth-order valence-electron chi connectivity index (χ4n) is 4.98. The number of phosphoric ester groups is 2. The molecule has 0 radical (unpaired) electrons. The maximum atomic E-state index is 12.9. The van der Waals surface area contributed by atoms with Crippen LogP contribution in [0.3, 0.4) is 0 Å². The first kappa shape index (κ1) is 29.0. The van der Waals surface area contributed by atoms with Gasteiger partial charge in [-0.05, 0) is 18.9 Å². The summed E-state index contributed by atoms with van der Waals surface area (Å²) in [4.78, 5) is 59.7. The zero-order valence-corrected chi connectivity index (χ0v) is 23.4. The number of phosphoric acid groups is 2. The third-order valence-corrected chi connectivity index (χ3v) is 8.37. The van der Waals surface area contributed by atoms with Crippen LogP contribution in [0.1, 0.15) is 31.7 Å². The van der Waals surface area contributed by atoms with Crippen molar-refractivity contribution < 1.29 is 46.9 Å². The molecule has 0 amide bonds. The van der Waals surface area contributed by atoms with Gasteiger partial charge in [-0.25, -0.2) is 29.1 Å². The van der Waals surface area contributed by atoms with E-state index >= 15 is 0 Å². The Morgan fingerprint density at radius 1 is 1.00 bits per heavy atom. The minimum Gasteiger partial charge on any atom is -0.382 e. The van der Waals surface area contributed by atoms with E-state index in [0.29, 0.717) is 29.5 Å². The number of fused-ring (bicyclic) bond motifs is 2. The largest absolute Gasteiger partial charge is 0.472 e. The van der Waals surface area contributed by atoms with E-state index < -0.39 is 53.0 Å². The quantitative estimate of drug-likeness (QED) is 0.152. The molecule has 0 aliphatic carbocycles. The first-order chi connectivity index (χ1) is 20.0. The number of nitrogens with one attached hydrogen (secondary N) is 1. The van der Waals surface area contributed by atoms with Crippen molar-refractivity contribution in [3.05, 3.63) is 41.6 Å². The summed E-state index contributed by atoms with van der Waals surface area (Å²) in [5, 5.41) is 0. The van der Waals surface area contributed by atoms with Crippen LogP contribution < -0.4 is 11.3 Å². The van der Waals surface area contributed by atoms with Gasteiger partial charge in [0.1, 0.15) is 36.5 Å². The van der Waals surface area contributed by atoms with Crippen LogP contribution in [0, 0.1) is 0 Å². The molecule has 2 aliphatic heterocycles. The number of pyridine rings is 1. The van der Waals surface area contributed by atoms with Gasteiger partial charge in [0.05, 0.1) is 37.5 Å². The molecule has 6 N–H and O–H groups in total. The topological polar surface area (TPSA) is 261 Å². The number of nitrogens with zero attached hydrogens (tertiary/aromatic N) is 6. The second-order valence-corrected chi connectivity index (χ2v) is 12.3. The first-order valence-corrected chi connectivity index (χ1v) is 15.6. The van der Waals surface area contributed by atoms with Gasteiger partial charge < -0.3 is 39.4 Å². The lowest BCUT2D eigenvalue weighted by molar-refractivity contribution is -0.0475. The Balaban J connectivity index is 1.11. The highest BCUT2D eigenvalue weighted by molar-refractivity contribution is 7.47. The maximum Gasteiger partial charge on any atom is 0.472 e. The Kier molecular flexibility index (Phi) is 7.73. The van der Waals surface area contributed by atoms with Crippen molar-refractivity contribution in [3.8, 4) is 0 Å². The van der Waals surface area contributed by atoms with Crippen LogP contribution in [0.5, 0.6) is 0 Å². The standard InChI is InChI=1S/C21H26N8O11P2/c22-19-18-20(25-8-24-19)29(10-27-18)16-5-13(14(39-16)7-36-41(31,32)33)40-42(34,35)37-6-11-1-2-15(38-11)28-9-26-17-12(28)3-4-23-21(17)30/h3-4,8-11,13-16H,1-2,5-7H2,(H,23,30)(H,34,35)(H2,22,24,25)(H2,31,32,33)/t11-,13?,14+,15+,16+/m0/s1. The number of anilines is 1. The summed E-state index contributed by atoms with van der Waals surface area (Å²) >= 11 is 0. The van der Waals surface area contributed by atoms with Crippen LogP contribution in [-0.4, -0.2) is 80.3 Å². The lowest BCUT2D eigenvalue weighted by Crippen LogP contribution is -2.28. The van der Waals surface area contributed by atoms with Gasteiger partial charge >= 0.3 is 15.6 Å². The second kappa shape index (κ2) is 11.2.